The highest BCUT2D eigenvalue weighted by Crippen LogP contribution is 2.37. The number of rotatable bonds is 1. The van der Waals surface area contributed by atoms with Crippen molar-refractivity contribution < 1.29 is 5.11 Å². The molecule has 1 N–H and O–H groups in total. The molecule has 0 saturated heterocycles. The minimum atomic E-state index is -0.140. The molecule has 2 atom stereocenters. The van der Waals surface area contributed by atoms with Gasteiger partial charge in [-0.05, 0) is 24.5 Å². The number of hydrogen-bond acceptors (Lipinski definition) is 1. The summed E-state index contributed by atoms with van der Waals surface area (Å²) in [6, 6.07) is 8.18. The van der Waals surface area contributed by atoms with Gasteiger partial charge in [-0.15, -0.1) is 0 Å². The lowest BCUT2D eigenvalue weighted by molar-refractivity contribution is 0.163. The van der Waals surface area contributed by atoms with E-state index in [-0.39, 0.29) is 6.10 Å². The van der Waals surface area contributed by atoms with Gasteiger partial charge >= 0.3 is 0 Å². The zero-order valence-electron chi connectivity index (χ0n) is 7.41. The summed E-state index contributed by atoms with van der Waals surface area (Å²) in [6.07, 6.45) is 3.07. The van der Waals surface area contributed by atoms with E-state index in [1.807, 2.05) is 18.2 Å². The van der Waals surface area contributed by atoms with E-state index in [2.05, 4.69) is 22.0 Å². The van der Waals surface area contributed by atoms with Crippen LogP contribution in [0.15, 0.2) is 28.7 Å². The summed E-state index contributed by atoms with van der Waals surface area (Å²) >= 11 is 3.52. The van der Waals surface area contributed by atoms with Crippen LogP contribution in [0.25, 0.3) is 0 Å². The molecule has 70 valence electrons. The topological polar surface area (TPSA) is 20.2 Å². The van der Waals surface area contributed by atoms with Gasteiger partial charge in [-0.2, -0.15) is 0 Å². The quantitative estimate of drug-likeness (QED) is 0.801. The first-order chi connectivity index (χ1) is 6.29. The van der Waals surface area contributed by atoms with Crippen LogP contribution < -0.4 is 0 Å². The minimum absolute atomic E-state index is 0.140. The maximum absolute atomic E-state index is 9.75. The minimum Gasteiger partial charge on any atom is -0.392 e. The van der Waals surface area contributed by atoms with E-state index >= 15 is 0 Å². The number of benzene rings is 1. The zero-order valence-corrected chi connectivity index (χ0v) is 9.00. The summed E-state index contributed by atoms with van der Waals surface area (Å²) in [6.45, 7) is 0. The third kappa shape index (κ3) is 1.79. The Morgan fingerprint density at radius 2 is 2.00 bits per heavy atom. The van der Waals surface area contributed by atoms with Crippen LogP contribution in [0, 0.1) is 0 Å². The van der Waals surface area contributed by atoms with Crippen molar-refractivity contribution in [2.75, 3.05) is 0 Å². The largest absolute Gasteiger partial charge is 0.392 e. The zero-order chi connectivity index (χ0) is 9.26. The van der Waals surface area contributed by atoms with Crippen LogP contribution in [-0.4, -0.2) is 11.2 Å². The van der Waals surface area contributed by atoms with E-state index in [4.69, 9.17) is 0 Å². The number of hydrogen-bond donors (Lipinski definition) is 1. The van der Waals surface area contributed by atoms with Crippen molar-refractivity contribution in [3.63, 3.8) is 0 Å². The fraction of sp³-hybridized carbons (Fsp3) is 0.455. The molecule has 0 aromatic heterocycles. The molecule has 1 aromatic carbocycles. The van der Waals surface area contributed by atoms with Crippen molar-refractivity contribution in [1.29, 1.82) is 0 Å². The number of aliphatic hydroxyl groups is 1. The van der Waals surface area contributed by atoms with Gasteiger partial charge in [0, 0.05) is 10.4 Å². The van der Waals surface area contributed by atoms with Gasteiger partial charge in [-0.25, -0.2) is 0 Å². The molecule has 0 aliphatic heterocycles. The molecular weight excluding hydrogens is 228 g/mol. The van der Waals surface area contributed by atoms with Crippen molar-refractivity contribution in [1.82, 2.24) is 0 Å². The standard InChI is InChI=1S/C11H13BrO/c12-10-6-2-1-4-8(10)9-5-3-7-11(9)13/h1-2,4,6,9,11,13H,3,5,7H2. The molecular formula is C11H13BrO. The molecule has 1 aliphatic rings. The van der Waals surface area contributed by atoms with Gasteiger partial charge in [0.15, 0.2) is 0 Å². The van der Waals surface area contributed by atoms with Crippen LogP contribution in [0.5, 0.6) is 0 Å². The molecule has 1 saturated carbocycles. The smallest absolute Gasteiger partial charge is 0.0609 e. The molecule has 0 radical (unpaired) electrons. The van der Waals surface area contributed by atoms with Crippen molar-refractivity contribution in [2.24, 2.45) is 0 Å². The maximum Gasteiger partial charge on any atom is 0.0609 e. The van der Waals surface area contributed by atoms with Gasteiger partial charge in [0.1, 0.15) is 0 Å². The number of halogens is 1. The highest BCUT2D eigenvalue weighted by molar-refractivity contribution is 9.10. The average molecular weight is 241 g/mol. The van der Waals surface area contributed by atoms with Gasteiger partial charge in [0.05, 0.1) is 6.10 Å². The summed E-state index contributed by atoms with van der Waals surface area (Å²) in [5, 5.41) is 9.75. The Labute approximate surface area is 86.9 Å². The first kappa shape index (κ1) is 9.22. The maximum atomic E-state index is 9.75. The second-order valence-electron chi connectivity index (χ2n) is 3.63. The van der Waals surface area contributed by atoms with Gasteiger partial charge in [0.25, 0.3) is 0 Å². The van der Waals surface area contributed by atoms with E-state index in [0.717, 1.165) is 23.7 Å². The molecule has 0 amide bonds. The van der Waals surface area contributed by atoms with Crippen LogP contribution in [-0.2, 0) is 0 Å². The number of aliphatic hydroxyl groups excluding tert-OH is 1. The molecule has 1 aromatic rings. The molecule has 0 heterocycles. The molecule has 2 unspecified atom stereocenters. The SMILES string of the molecule is OC1CCCC1c1ccccc1Br. The van der Waals surface area contributed by atoms with E-state index in [9.17, 15) is 5.11 Å². The van der Waals surface area contributed by atoms with Crippen molar-refractivity contribution in [3.05, 3.63) is 34.3 Å². The van der Waals surface area contributed by atoms with E-state index in [1.165, 1.54) is 5.56 Å². The highest BCUT2D eigenvalue weighted by atomic mass is 79.9. The second kappa shape index (κ2) is 3.81. The predicted octanol–water partition coefficient (Wildman–Crippen LogP) is 3.08. The molecule has 2 rings (SSSR count). The van der Waals surface area contributed by atoms with Gasteiger partial charge in [0.2, 0.25) is 0 Å². The summed E-state index contributed by atoms with van der Waals surface area (Å²) in [5.41, 5.74) is 1.26. The first-order valence-corrected chi connectivity index (χ1v) is 5.51. The fourth-order valence-electron chi connectivity index (χ4n) is 2.08. The van der Waals surface area contributed by atoms with E-state index in [0.29, 0.717) is 5.92 Å². The summed E-state index contributed by atoms with van der Waals surface area (Å²) in [4.78, 5) is 0. The molecule has 13 heavy (non-hydrogen) atoms. The van der Waals surface area contributed by atoms with Crippen LogP contribution in [0.1, 0.15) is 30.7 Å². The predicted molar refractivity (Wildman–Crippen MR) is 56.7 cm³/mol. The van der Waals surface area contributed by atoms with Gasteiger partial charge in [-0.1, -0.05) is 40.5 Å². The molecule has 2 heteroatoms. The van der Waals surface area contributed by atoms with Gasteiger partial charge in [-0.3, -0.25) is 0 Å². The van der Waals surface area contributed by atoms with E-state index in [1.54, 1.807) is 0 Å². The lowest BCUT2D eigenvalue weighted by Crippen LogP contribution is -2.11. The van der Waals surface area contributed by atoms with Crippen molar-refractivity contribution in [2.45, 2.75) is 31.3 Å². The van der Waals surface area contributed by atoms with Gasteiger partial charge < -0.3 is 5.11 Å². The molecule has 1 nitrogen and oxygen atoms in total. The first-order valence-electron chi connectivity index (χ1n) is 4.71. The Hall–Kier alpha value is -0.340. The van der Waals surface area contributed by atoms with Crippen LogP contribution in [0.4, 0.5) is 0 Å². The Balaban J connectivity index is 2.29. The molecule has 1 fully saturated rings. The van der Waals surface area contributed by atoms with Crippen molar-refractivity contribution in [3.8, 4) is 0 Å². The summed E-state index contributed by atoms with van der Waals surface area (Å²) in [7, 11) is 0. The van der Waals surface area contributed by atoms with E-state index < -0.39 is 0 Å². The Morgan fingerprint density at radius 1 is 1.23 bits per heavy atom. The summed E-state index contributed by atoms with van der Waals surface area (Å²) < 4.78 is 1.13. The van der Waals surface area contributed by atoms with Crippen LogP contribution in [0.2, 0.25) is 0 Å². The normalized spacial score (nSPS) is 27.8. The molecule has 1 aliphatic carbocycles. The monoisotopic (exact) mass is 240 g/mol. The Kier molecular flexibility index (Phi) is 2.70. The van der Waals surface area contributed by atoms with Crippen LogP contribution >= 0.6 is 15.9 Å². The summed E-state index contributed by atoms with van der Waals surface area (Å²) in [5.74, 6) is 0.343. The fourth-order valence-corrected chi connectivity index (χ4v) is 2.66. The Morgan fingerprint density at radius 3 is 2.62 bits per heavy atom. The third-order valence-electron chi connectivity index (χ3n) is 2.78. The average Bonchev–Trinajstić information content (AvgIpc) is 2.52. The lowest BCUT2D eigenvalue weighted by atomic mass is 9.96. The van der Waals surface area contributed by atoms with Crippen molar-refractivity contribution >= 4 is 15.9 Å². The molecule has 0 bridgehead atoms. The molecule has 0 spiro atoms. The lowest BCUT2D eigenvalue weighted by Gasteiger charge is -2.15. The van der Waals surface area contributed by atoms with Crippen LogP contribution in [0.3, 0.4) is 0 Å². The second-order valence-corrected chi connectivity index (χ2v) is 4.48. The Bertz CT molecular complexity index is 298. The third-order valence-corrected chi connectivity index (χ3v) is 3.51. The highest BCUT2D eigenvalue weighted by Gasteiger charge is 2.27.